The van der Waals surface area contributed by atoms with Gasteiger partial charge in [0.1, 0.15) is 23.7 Å². The molecule has 0 aliphatic carbocycles. The van der Waals surface area contributed by atoms with Crippen LogP contribution < -0.4 is 0 Å². The van der Waals surface area contributed by atoms with Crippen molar-refractivity contribution in [2.75, 3.05) is 32.7 Å². The lowest BCUT2D eigenvalue weighted by Gasteiger charge is -2.19. The minimum absolute atomic E-state index is 0.0455. The van der Waals surface area contributed by atoms with Gasteiger partial charge in [0.25, 0.3) is 0 Å². The molecule has 1 amide bonds. The number of methoxy groups -OCH3 is 1. The van der Waals surface area contributed by atoms with Crippen LogP contribution in [0.2, 0.25) is 0 Å². The van der Waals surface area contributed by atoms with Gasteiger partial charge in [-0.15, -0.1) is 23.5 Å². The van der Waals surface area contributed by atoms with Crippen molar-refractivity contribution in [1.29, 1.82) is 0 Å². The summed E-state index contributed by atoms with van der Waals surface area (Å²) < 4.78 is 11.4. The summed E-state index contributed by atoms with van der Waals surface area (Å²) in [5.74, 6) is 2.04. The molecule has 6 nitrogen and oxygen atoms in total. The quantitative estimate of drug-likeness (QED) is 0.187. The zero-order valence-electron chi connectivity index (χ0n) is 20.0. The third-order valence-electron chi connectivity index (χ3n) is 5.61. The Morgan fingerprint density at radius 1 is 1.09 bits per heavy atom. The van der Waals surface area contributed by atoms with Gasteiger partial charge < -0.3 is 18.8 Å². The summed E-state index contributed by atoms with van der Waals surface area (Å²) in [7, 11) is 5.07. The number of pyridine rings is 1. The Labute approximate surface area is 213 Å². The van der Waals surface area contributed by atoms with Crippen molar-refractivity contribution < 1.29 is 18.7 Å². The van der Waals surface area contributed by atoms with Crippen molar-refractivity contribution in [1.82, 2.24) is 9.88 Å². The molecule has 4 aromatic rings. The zero-order valence-corrected chi connectivity index (χ0v) is 21.6. The molecule has 4 rings (SSSR count). The monoisotopic (exact) mass is 508 g/mol. The van der Waals surface area contributed by atoms with Crippen molar-refractivity contribution in [3.05, 3.63) is 66.2 Å². The van der Waals surface area contributed by atoms with E-state index < -0.39 is 6.10 Å². The maximum atomic E-state index is 12.0. The standard InChI is InChI=1S/C27H28N2O4S2/c1-29(2)26(31)12-13-34-27(35-17-21(16-30)32-3)19-9-11-24-20(14-19)15-25(33-24)23-10-8-18-6-4-5-7-22(18)28-23/h4-11,14-16,21,27H,12-13,17H2,1-3H3. The Morgan fingerprint density at radius 3 is 2.69 bits per heavy atom. The molecule has 2 aromatic carbocycles. The molecular weight excluding hydrogens is 480 g/mol. The molecule has 0 aliphatic heterocycles. The molecule has 2 aromatic heterocycles. The molecule has 2 unspecified atom stereocenters. The van der Waals surface area contributed by atoms with Crippen molar-refractivity contribution in [3.8, 4) is 11.5 Å². The number of aldehydes is 1. The van der Waals surface area contributed by atoms with Gasteiger partial charge in [0.05, 0.1) is 10.1 Å². The predicted molar refractivity (Wildman–Crippen MR) is 145 cm³/mol. The first-order valence-electron chi connectivity index (χ1n) is 11.3. The maximum absolute atomic E-state index is 12.0. The summed E-state index contributed by atoms with van der Waals surface area (Å²) in [4.78, 5) is 29.6. The summed E-state index contributed by atoms with van der Waals surface area (Å²) in [6, 6.07) is 20.2. The number of carbonyl (C=O) groups excluding carboxylic acids is 2. The lowest BCUT2D eigenvalue weighted by atomic mass is 10.1. The molecule has 2 atom stereocenters. The Hall–Kier alpha value is -2.81. The highest BCUT2D eigenvalue weighted by molar-refractivity contribution is 8.16. The molecule has 0 spiro atoms. The number of furan rings is 1. The van der Waals surface area contributed by atoms with Crippen molar-refractivity contribution in [3.63, 3.8) is 0 Å². The molecule has 0 N–H and O–H groups in total. The summed E-state index contributed by atoms with van der Waals surface area (Å²) in [6.07, 6.45) is 0.823. The first-order chi connectivity index (χ1) is 17.0. The second kappa shape index (κ2) is 11.7. The summed E-state index contributed by atoms with van der Waals surface area (Å²) >= 11 is 3.34. The number of hydrogen-bond donors (Lipinski definition) is 0. The third-order valence-corrected chi connectivity index (χ3v) is 8.54. The molecule has 0 radical (unpaired) electrons. The van der Waals surface area contributed by atoms with Gasteiger partial charge in [-0.05, 0) is 35.9 Å². The van der Waals surface area contributed by atoms with E-state index in [-0.39, 0.29) is 10.5 Å². The van der Waals surface area contributed by atoms with Crippen LogP contribution in [0.3, 0.4) is 0 Å². The van der Waals surface area contributed by atoms with E-state index in [9.17, 15) is 9.59 Å². The van der Waals surface area contributed by atoms with Crippen LogP contribution in [0.15, 0.2) is 65.1 Å². The summed E-state index contributed by atoms with van der Waals surface area (Å²) in [5, 5.41) is 2.07. The molecule has 0 aliphatic rings. The SMILES string of the molecule is COC(C=O)CSC(SCCC(=O)N(C)C)c1ccc2oc(-c3ccc4ccccc4n3)cc2c1. The van der Waals surface area contributed by atoms with E-state index >= 15 is 0 Å². The van der Waals surface area contributed by atoms with Gasteiger partial charge >= 0.3 is 0 Å². The number of para-hydroxylation sites is 1. The van der Waals surface area contributed by atoms with Gasteiger partial charge in [0.15, 0.2) is 5.76 Å². The van der Waals surface area contributed by atoms with Crippen LogP contribution in [-0.2, 0) is 14.3 Å². The molecule has 182 valence electrons. The van der Waals surface area contributed by atoms with Crippen LogP contribution in [0.1, 0.15) is 16.6 Å². The Morgan fingerprint density at radius 2 is 1.91 bits per heavy atom. The summed E-state index contributed by atoms with van der Waals surface area (Å²) in [5.41, 5.74) is 3.61. The maximum Gasteiger partial charge on any atom is 0.222 e. The second-order valence-corrected chi connectivity index (χ2v) is 10.9. The molecule has 8 heteroatoms. The van der Waals surface area contributed by atoms with E-state index in [1.54, 1.807) is 42.5 Å². The predicted octanol–water partition coefficient (Wildman–Crippen LogP) is 5.81. The number of nitrogens with zero attached hydrogens (tertiary/aromatic N) is 2. The molecule has 0 bridgehead atoms. The van der Waals surface area contributed by atoms with E-state index in [1.165, 1.54) is 7.11 Å². The van der Waals surface area contributed by atoms with Gasteiger partial charge in [0, 0.05) is 49.9 Å². The van der Waals surface area contributed by atoms with Gasteiger partial charge in [-0.1, -0.05) is 30.3 Å². The largest absolute Gasteiger partial charge is 0.454 e. The van der Waals surface area contributed by atoms with Crippen LogP contribution in [0.25, 0.3) is 33.3 Å². The van der Waals surface area contributed by atoms with Crippen LogP contribution in [0.4, 0.5) is 0 Å². The minimum atomic E-state index is -0.463. The topological polar surface area (TPSA) is 72.6 Å². The molecule has 2 heterocycles. The highest BCUT2D eigenvalue weighted by atomic mass is 32.2. The molecule has 0 saturated carbocycles. The van der Waals surface area contributed by atoms with E-state index in [0.717, 1.165) is 45.2 Å². The van der Waals surface area contributed by atoms with E-state index in [0.29, 0.717) is 17.9 Å². The first-order valence-corrected chi connectivity index (χ1v) is 13.4. The summed E-state index contributed by atoms with van der Waals surface area (Å²) in [6.45, 7) is 0. The van der Waals surface area contributed by atoms with Crippen molar-refractivity contribution in [2.45, 2.75) is 17.1 Å². The number of thioether (sulfide) groups is 2. The lowest BCUT2D eigenvalue weighted by molar-refractivity contribution is -0.128. The normalized spacial score (nSPS) is 13.1. The Balaban J connectivity index is 1.57. The zero-order chi connectivity index (χ0) is 24.8. The highest BCUT2D eigenvalue weighted by Gasteiger charge is 2.19. The number of ether oxygens (including phenoxy) is 1. The second-order valence-electron chi connectivity index (χ2n) is 8.28. The number of aromatic nitrogens is 1. The number of carbonyl (C=O) groups is 2. The van der Waals surface area contributed by atoms with Gasteiger partial charge in [0.2, 0.25) is 5.91 Å². The fourth-order valence-corrected chi connectivity index (χ4v) is 6.27. The molecule has 0 fully saturated rings. The molecule has 35 heavy (non-hydrogen) atoms. The van der Waals surface area contributed by atoms with Gasteiger partial charge in [-0.25, -0.2) is 4.98 Å². The number of rotatable bonds is 11. The molecule has 0 saturated heterocycles. The Bertz CT molecular complexity index is 1320. The van der Waals surface area contributed by atoms with E-state index in [2.05, 4.69) is 6.07 Å². The smallest absolute Gasteiger partial charge is 0.222 e. The van der Waals surface area contributed by atoms with Crippen LogP contribution in [-0.4, -0.2) is 60.9 Å². The first kappa shape index (κ1) is 25.3. The van der Waals surface area contributed by atoms with Crippen molar-refractivity contribution in [2.24, 2.45) is 0 Å². The number of benzene rings is 2. The molecular formula is C27H28N2O4S2. The fourth-order valence-electron chi connectivity index (χ4n) is 3.60. The van der Waals surface area contributed by atoms with E-state index in [4.69, 9.17) is 14.1 Å². The van der Waals surface area contributed by atoms with Crippen molar-refractivity contribution >= 4 is 57.6 Å². The van der Waals surface area contributed by atoms with Gasteiger partial charge in [-0.3, -0.25) is 4.79 Å². The third kappa shape index (κ3) is 6.25. The van der Waals surface area contributed by atoms with Crippen LogP contribution in [0.5, 0.6) is 0 Å². The minimum Gasteiger partial charge on any atom is -0.454 e. The fraction of sp³-hybridized carbons (Fsp3) is 0.296. The van der Waals surface area contributed by atoms with E-state index in [1.807, 2.05) is 54.6 Å². The van der Waals surface area contributed by atoms with Gasteiger partial charge in [-0.2, -0.15) is 0 Å². The Kier molecular flexibility index (Phi) is 8.49. The number of hydrogen-bond acceptors (Lipinski definition) is 7. The van der Waals surface area contributed by atoms with Crippen LogP contribution >= 0.6 is 23.5 Å². The number of amides is 1. The lowest BCUT2D eigenvalue weighted by Crippen LogP contribution is -2.22. The number of fused-ring (bicyclic) bond motifs is 2. The highest BCUT2D eigenvalue weighted by Crippen LogP contribution is 2.42. The van der Waals surface area contributed by atoms with Crippen LogP contribution in [0, 0.1) is 0 Å². The average Bonchev–Trinajstić information content (AvgIpc) is 3.31. The average molecular weight is 509 g/mol.